The maximum absolute atomic E-state index is 6.42. The first-order chi connectivity index (χ1) is 7.52. The van der Waals surface area contributed by atoms with Crippen LogP contribution in [0.1, 0.15) is 37.3 Å². The molecule has 0 bridgehead atoms. The number of rotatable bonds is 2. The van der Waals surface area contributed by atoms with Crippen molar-refractivity contribution in [2.24, 2.45) is 17.6 Å². The van der Waals surface area contributed by atoms with Crippen molar-refractivity contribution in [1.82, 2.24) is 0 Å². The molecule has 0 aliphatic carbocycles. The van der Waals surface area contributed by atoms with Gasteiger partial charge in [-0.25, -0.2) is 0 Å². The van der Waals surface area contributed by atoms with E-state index in [1.165, 1.54) is 10.4 Å². The molecule has 2 heterocycles. The molecule has 1 fully saturated rings. The molecule has 0 spiro atoms. The van der Waals surface area contributed by atoms with Gasteiger partial charge in [0.2, 0.25) is 0 Å². The molecule has 3 heteroatoms. The molecule has 2 nitrogen and oxygen atoms in total. The molecule has 0 aromatic carbocycles. The van der Waals surface area contributed by atoms with Crippen molar-refractivity contribution in [2.45, 2.75) is 45.9 Å². The monoisotopic (exact) mass is 239 g/mol. The Morgan fingerprint density at radius 1 is 1.31 bits per heavy atom. The second-order valence-corrected chi connectivity index (χ2v) is 5.92. The predicted molar refractivity (Wildman–Crippen MR) is 68.6 cm³/mol. The minimum absolute atomic E-state index is 0.120. The first kappa shape index (κ1) is 12.1. The molecule has 2 rings (SSSR count). The second kappa shape index (κ2) is 4.47. The summed E-state index contributed by atoms with van der Waals surface area (Å²) in [7, 11) is 0. The molecular formula is C13H21NOS. The molecule has 1 aliphatic rings. The third-order valence-electron chi connectivity index (χ3n) is 3.94. The van der Waals surface area contributed by atoms with Crippen molar-refractivity contribution >= 4 is 11.3 Å². The number of ether oxygens (including phenoxy) is 1. The van der Waals surface area contributed by atoms with Gasteiger partial charge in [0.05, 0.1) is 12.2 Å². The fourth-order valence-electron chi connectivity index (χ4n) is 2.81. The number of aryl methyl sites for hydroxylation is 1. The first-order valence-corrected chi connectivity index (χ1v) is 6.85. The van der Waals surface area contributed by atoms with Crippen LogP contribution in [0.3, 0.4) is 0 Å². The van der Waals surface area contributed by atoms with Gasteiger partial charge in [0.25, 0.3) is 0 Å². The van der Waals surface area contributed by atoms with Gasteiger partial charge in [0.1, 0.15) is 0 Å². The summed E-state index contributed by atoms with van der Waals surface area (Å²) in [4.78, 5) is 1.32. The number of hydrogen-bond donors (Lipinski definition) is 1. The third-order valence-corrected chi connectivity index (χ3v) is 5.06. The maximum atomic E-state index is 6.42. The Morgan fingerprint density at radius 2 is 2.00 bits per heavy atom. The molecule has 0 radical (unpaired) electrons. The van der Waals surface area contributed by atoms with Crippen molar-refractivity contribution in [3.8, 4) is 0 Å². The molecule has 0 saturated carbocycles. The van der Waals surface area contributed by atoms with E-state index in [4.69, 9.17) is 10.5 Å². The van der Waals surface area contributed by atoms with E-state index in [0.29, 0.717) is 17.9 Å². The lowest BCUT2D eigenvalue weighted by Crippen LogP contribution is -2.30. The van der Waals surface area contributed by atoms with Crippen LogP contribution in [-0.4, -0.2) is 12.2 Å². The van der Waals surface area contributed by atoms with Gasteiger partial charge < -0.3 is 10.5 Å². The van der Waals surface area contributed by atoms with Gasteiger partial charge in [-0.2, -0.15) is 0 Å². The Bertz CT molecular complexity index is 363. The van der Waals surface area contributed by atoms with Gasteiger partial charge in [0, 0.05) is 16.8 Å². The number of thiophene rings is 1. The zero-order valence-electron chi connectivity index (χ0n) is 10.4. The fraction of sp³-hybridized carbons (Fsp3) is 0.692. The van der Waals surface area contributed by atoms with Crippen LogP contribution in [0.4, 0.5) is 0 Å². The predicted octanol–water partition coefficient (Wildman–Crippen LogP) is 3.12. The van der Waals surface area contributed by atoms with E-state index in [9.17, 15) is 0 Å². The Hall–Kier alpha value is -0.380. The van der Waals surface area contributed by atoms with Gasteiger partial charge >= 0.3 is 0 Å². The van der Waals surface area contributed by atoms with Gasteiger partial charge in [0.15, 0.2) is 0 Å². The van der Waals surface area contributed by atoms with Gasteiger partial charge in [-0.1, -0.05) is 6.92 Å². The zero-order valence-corrected chi connectivity index (χ0v) is 11.3. The number of hydrogen-bond acceptors (Lipinski definition) is 3. The Kier molecular flexibility index (Phi) is 3.38. The zero-order chi connectivity index (χ0) is 11.9. The molecule has 0 amide bonds. The fourth-order valence-corrected chi connectivity index (χ4v) is 3.80. The first-order valence-electron chi connectivity index (χ1n) is 5.97. The van der Waals surface area contributed by atoms with E-state index in [2.05, 4.69) is 39.1 Å². The average Bonchev–Trinajstić information content (AvgIpc) is 2.73. The average molecular weight is 239 g/mol. The normalized spacial score (nSPS) is 36.6. The summed E-state index contributed by atoms with van der Waals surface area (Å²) in [5, 5.41) is 2.12. The van der Waals surface area contributed by atoms with E-state index in [-0.39, 0.29) is 12.1 Å². The van der Waals surface area contributed by atoms with Crippen molar-refractivity contribution in [3.63, 3.8) is 0 Å². The summed E-state index contributed by atoms with van der Waals surface area (Å²) in [6.07, 6.45) is 0.591. The Balaban J connectivity index is 2.22. The lowest BCUT2D eigenvalue weighted by molar-refractivity contribution is 0.0490. The van der Waals surface area contributed by atoms with Gasteiger partial charge in [-0.15, -0.1) is 11.3 Å². The van der Waals surface area contributed by atoms with E-state index >= 15 is 0 Å². The van der Waals surface area contributed by atoms with E-state index in [1.807, 2.05) is 0 Å². The molecule has 1 aromatic heterocycles. The van der Waals surface area contributed by atoms with Crippen molar-refractivity contribution < 1.29 is 4.74 Å². The van der Waals surface area contributed by atoms with Crippen LogP contribution in [0.5, 0.6) is 0 Å². The van der Waals surface area contributed by atoms with Crippen molar-refractivity contribution in [1.29, 1.82) is 0 Å². The van der Waals surface area contributed by atoms with Gasteiger partial charge in [-0.3, -0.25) is 0 Å². The topological polar surface area (TPSA) is 35.2 Å². The molecule has 1 saturated heterocycles. The third kappa shape index (κ3) is 1.92. The van der Waals surface area contributed by atoms with Crippen molar-refractivity contribution in [3.05, 3.63) is 21.9 Å². The van der Waals surface area contributed by atoms with Crippen LogP contribution < -0.4 is 5.73 Å². The SMILES string of the molecule is Cc1ccsc1C(N)C1C(C)OC(C)C1C. The van der Waals surface area contributed by atoms with Crippen LogP contribution in [0.2, 0.25) is 0 Å². The molecule has 16 heavy (non-hydrogen) atoms. The molecule has 5 atom stereocenters. The highest BCUT2D eigenvalue weighted by molar-refractivity contribution is 7.10. The minimum Gasteiger partial charge on any atom is -0.375 e. The highest BCUT2D eigenvalue weighted by atomic mass is 32.1. The molecular weight excluding hydrogens is 218 g/mol. The van der Waals surface area contributed by atoms with Gasteiger partial charge in [-0.05, 0) is 43.7 Å². The highest BCUT2D eigenvalue weighted by Crippen LogP contribution is 2.41. The van der Waals surface area contributed by atoms with Crippen LogP contribution in [0.25, 0.3) is 0 Å². The van der Waals surface area contributed by atoms with Crippen LogP contribution in [0, 0.1) is 18.8 Å². The van der Waals surface area contributed by atoms with Crippen LogP contribution in [0.15, 0.2) is 11.4 Å². The maximum Gasteiger partial charge on any atom is 0.0600 e. The summed E-state index contributed by atoms with van der Waals surface area (Å²) >= 11 is 1.77. The molecule has 90 valence electrons. The van der Waals surface area contributed by atoms with E-state index in [0.717, 1.165) is 0 Å². The summed E-state index contributed by atoms with van der Waals surface area (Å²) < 4.78 is 5.87. The summed E-state index contributed by atoms with van der Waals surface area (Å²) in [6.45, 7) is 8.69. The van der Waals surface area contributed by atoms with Crippen molar-refractivity contribution in [2.75, 3.05) is 0 Å². The molecule has 5 unspecified atom stereocenters. The largest absolute Gasteiger partial charge is 0.375 e. The van der Waals surface area contributed by atoms with E-state index < -0.39 is 0 Å². The second-order valence-electron chi connectivity index (χ2n) is 4.98. The van der Waals surface area contributed by atoms with Crippen LogP contribution in [-0.2, 0) is 4.74 Å². The Labute approximate surface area is 102 Å². The summed E-state index contributed by atoms with van der Waals surface area (Å²) in [6, 6.07) is 2.27. The quantitative estimate of drug-likeness (QED) is 0.860. The van der Waals surface area contributed by atoms with Crippen LogP contribution >= 0.6 is 11.3 Å². The minimum atomic E-state index is 0.120. The summed E-state index contributed by atoms with van der Waals surface area (Å²) in [5.41, 5.74) is 7.74. The molecule has 1 aromatic rings. The molecule has 1 aliphatic heterocycles. The van der Waals surface area contributed by atoms with E-state index in [1.54, 1.807) is 11.3 Å². The lowest BCUT2D eigenvalue weighted by atomic mass is 9.83. The standard InChI is InChI=1S/C13H21NOS/c1-7-5-6-16-13(7)12(14)11-8(2)9(3)15-10(11)4/h5-6,8-12H,14H2,1-4H3. The molecule has 2 N–H and O–H groups in total. The Morgan fingerprint density at radius 3 is 2.44 bits per heavy atom. The smallest absolute Gasteiger partial charge is 0.0600 e. The lowest BCUT2D eigenvalue weighted by Gasteiger charge is -2.25. The highest BCUT2D eigenvalue weighted by Gasteiger charge is 2.41. The summed E-state index contributed by atoms with van der Waals surface area (Å²) in [5.74, 6) is 0.971. The number of nitrogens with two attached hydrogens (primary N) is 1.